The van der Waals surface area contributed by atoms with E-state index in [0.717, 1.165) is 95.3 Å². The highest BCUT2D eigenvalue weighted by atomic mass is 16.3. The molecule has 1 unspecified atom stereocenters. The van der Waals surface area contributed by atoms with Crippen molar-refractivity contribution in [2.45, 2.75) is 6.17 Å². The SMILES string of the molecule is C1=Cc2oc3cccc(C4=NC(c5ccccc5)=NC(c5cccc6c(-c7cccc8oc9ccccc9c78)cccc56)N4)c3c2NC1. The van der Waals surface area contributed by atoms with Gasteiger partial charge in [-0.1, -0.05) is 115 Å². The third kappa shape index (κ3) is 4.12. The van der Waals surface area contributed by atoms with Crippen molar-refractivity contribution in [1.29, 1.82) is 0 Å². The van der Waals surface area contributed by atoms with Crippen LogP contribution in [0.5, 0.6) is 0 Å². The van der Waals surface area contributed by atoms with Crippen molar-refractivity contribution in [3.05, 3.63) is 156 Å². The molecule has 0 bridgehead atoms. The molecular weight excluding hydrogens is 592 g/mol. The molecule has 2 aromatic heterocycles. The molecule has 10 rings (SSSR count). The van der Waals surface area contributed by atoms with Crippen molar-refractivity contribution in [3.63, 3.8) is 0 Å². The minimum absolute atomic E-state index is 0.386. The van der Waals surface area contributed by atoms with Gasteiger partial charge in [0.25, 0.3) is 0 Å². The van der Waals surface area contributed by atoms with E-state index in [4.69, 9.17) is 18.8 Å². The number of nitrogens with zero attached hydrogens (tertiary/aromatic N) is 2. The van der Waals surface area contributed by atoms with E-state index < -0.39 is 0 Å². The zero-order valence-corrected chi connectivity index (χ0v) is 25.8. The molecule has 48 heavy (non-hydrogen) atoms. The standard InChI is InChI=1S/C42H28N4O2/c1-2-11-25(12-3-1)40-44-41(46-42(45-40)32-19-9-22-35-38(32)39-36(48-35)23-10-24-43-39)30-18-7-14-26-27(15-6-16-28(26)30)29-17-8-21-34-37(29)31-13-4-5-20-33(31)47-34/h1-23,41,43H,24H2,(H,44,45,46). The molecule has 4 heterocycles. The zero-order valence-electron chi connectivity index (χ0n) is 25.8. The molecule has 0 fully saturated rings. The van der Waals surface area contributed by atoms with Gasteiger partial charge in [0.05, 0.1) is 11.1 Å². The Morgan fingerprint density at radius 3 is 2.21 bits per heavy atom. The summed E-state index contributed by atoms with van der Waals surface area (Å²) in [7, 11) is 0. The molecule has 6 nitrogen and oxygen atoms in total. The number of rotatable bonds is 4. The number of furan rings is 2. The Morgan fingerprint density at radius 2 is 1.29 bits per heavy atom. The summed E-state index contributed by atoms with van der Waals surface area (Å²) < 4.78 is 12.5. The van der Waals surface area contributed by atoms with E-state index in [9.17, 15) is 0 Å². The second-order valence-corrected chi connectivity index (χ2v) is 12.2. The third-order valence-corrected chi connectivity index (χ3v) is 9.38. The van der Waals surface area contributed by atoms with Gasteiger partial charge in [0, 0.05) is 34.0 Å². The predicted octanol–water partition coefficient (Wildman–Crippen LogP) is 10.1. The van der Waals surface area contributed by atoms with Crippen LogP contribution in [-0.2, 0) is 0 Å². The van der Waals surface area contributed by atoms with Crippen molar-refractivity contribution in [2.75, 3.05) is 11.9 Å². The second-order valence-electron chi connectivity index (χ2n) is 12.2. The topological polar surface area (TPSA) is 75.1 Å². The lowest BCUT2D eigenvalue weighted by Gasteiger charge is -2.25. The Hall–Kier alpha value is -6.40. The number of para-hydroxylation sites is 1. The summed E-state index contributed by atoms with van der Waals surface area (Å²) in [4.78, 5) is 10.4. The first-order valence-electron chi connectivity index (χ1n) is 16.2. The first-order chi connectivity index (χ1) is 23.8. The Balaban J connectivity index is 1.16. The van der Waals surface area contributed by atoms with Gasteiger partial charge in [-0.05, 0) is 46.2 Å². The maximum atomic E-state index is 6.26. The number of hydrogen-bond acceptors (Lipinski definition) is 6. The molecule has 2 aliphatic rings. The molecule has 0 saturated carbocycles. The smallest absolute Gasteiger partial charge is 0.159 e. The fourth-order valence-corrected chi connectivity index (χ4v) is 7.25. The lowest BCUT2D eigenvalue weighted by molar-refractivity contribution is 0.604. The molecule has 0 saturated heterocycles. The molecule has 6 aromatic carbocycles. The maximum absolute atomic E-state index is 6.26. The lowest BCUT2D eigenvalue weighted by Crippen LogP contribution is -2.33. The van der Waals surface area contributed by atoms with Gasteiger partial charge in [0.2, 0.25) is 0 Å². The van der Waals surface area contributed by atoms with Crippen LogP contribution in [0.3, 0.4) is 0 Å². The van der Waals surface area contributed by atoms with E-state index in [1.54, 1.807) is 0 Å². The Morgan fingerprint density at radius 1 is 0.583 bits per heavy atom. The molecule has 228 valence electrons. The first-order valence-corrected chi connectivity index (χ1v) is 16.2. The summed E-state index contributed by atoms with van der Waals surface area (Å²) in [5.74, 6) is 2.26. The predicted molar refractivity (Wildman–Crippen MR) is 196 cm³/mol. The van der Waals surface area contributed by atoms with E-state index in [0.29, 0.717) is 5.84 Å². The summed E-state index contributed by atoms with van der Waals surface area (Å²) >= 11 is 0. The van der Waals surface area contributed by atoms with Gasteiger partial charge < -0.3 is 19.5 Å². The highest BCUT2D eigenvalue weighted by Gasteiger charge is 2.26. The monoisotopic (exact) mass is 620 g/mol. The van der Waals surface area contributed by atoms with Crippen molar-refractivity contribution in [2.24, 2.45) is 9.98 Å². The normalized spacial score (nSPS) is 15.7. The fourth-order valence-electron chi connectivity index (χ4n) is 7.25. The number of aliphatic imine (C=N–C) groups is 2. The largest absolute Gasteiger partial charge is 0.456 e. The van der Waals surface area contributed by atoms with Gasteiger partial charge >= 0.3 is 0 Å². The molecule has 0 spiro atoms. The van der Waals surface area contributed by atoms with Crippen molar-refractivity contribution < 1.29 is 8.83 Å². The molecule has 2 N–H and O–H groups in total. The van der Waals surface area contributed by atoms with Crippen LogP contribution < -0.4 is 10.6 Å². The van der Waals surface area contributed by atoms with Crippen molar-refractivity contribution >= 4 is 67.1 Å². The van der Waals surface area contributed by atoms with Crippen LogP contribution in [0.1, 0.15) is 28.6 Å². The minimum atomic E-state index is -0.386. The van der Waals surface area contributed by atoms with E-state index in [2.05, 4.69) is 95.6 Å². The van der Waals surface area contributed by atoms with E-state index in [-0.39, 0.29) is 6.17 Å². The average molecular weight is 621 g/mol. The molecular formula is C42H28N4O2. The summed E-state index contributed by atoms with van der Waals surface area (Å²) in [6.07, 6.45) is 3.72. The Kier molecular flexibility index (Phi) is 5.90. The molecule has 0 aliphatic carbocycles. The summed E-state index contributed by atoms with van der Waals surface area (Å²) in [6.45, 7) is 0.746. The molecule has 1 atom stereocenters. The minimum Gasteiger partial charge on any atom is -0.456 e. The van der Waals surface area contributed by atoms with Crippen LogP contribution in [0.25, 0.3) is 60.9 Å². The van der Waals surface area contributed by atoms with Crippen LogP contribution in [0, 0.1) is 0 Å². The second kappa shape index (κ2) is 10.6. The summed E-state index contributed by atoms with van der Waals surface area (Å²) in [5.41, 5.74) is 8.87. The third-order valence-electron chi connectivity index (χ3n) is 9.38. The number of benzene rings is 6. The average Bonchev–Trinajstić information content (AvgIpc) is 3.73. The highest BCUT2D eigenvalue weighted by molar-refractivity contribution is 6.20. The number of anilines is 1. The van der Waals surface area contributed by atoms with Crippen LogP contribution in [-0.4, -0.2) is 18.2 Å². The molecule has 8 aromatic rings. The number of hydrogen-bond donors (Lipinski definition) is 2. The first kappa shape index (κ1) is 26.8. The number of fused-ring (bicyclic) bond motifs is 7. The van der Waals surface area contributed by atoms with Gasteiger partial charge in [-0.25, -0.2) is 9.98 Å². The lowest BCUT2D eigenvalue weighted by atomic mass is 9.92. The van der Waals surface area contributed by atoms with E-state index in [1.807, 2.05) is 54.6 Å². The zero-order chi connectivity index (χ0) is 31.6. The quantitative estimate of drug-likeness (QED) is 0.205. The molecule has 0 radical (unpaired) electrons. The van der Waals surface area contributed by atoms with Crippen molar-refractivity contribution in [3.8, 4) is 11.1 Å². The Labute approximate surface area is 275 Å². The summed E-state index contributed by atoms with van der Waals surface area (Å²) in [6, 6.07) is 43.9. The molecule has 6 heteroatoms. The molecule has 0 amide bonds. The maximum Gasteiger partial charge on any atom is 0.159 e. The van der Waals surface area contributed by atoms with Crippen molar-refractivity contribution in [1.82, 2.24) is 5.32 Å². The summed E-state index contributed by atoms with van der Waals surface area (Å²) in [5, 5.41) is 12.8. The van der Waals surface area contributed by atoms with Crippen LogP contribution >= 0.6 is 0 Å². The van der Waals surface area contributed by atoms with Gasteiger partial charge in [-0.3, -0.25) is 0 Å². The highest BCUT2D eigenvalue weighted by Crippen LogP contribution is 2.41. The number of amidine groups is 2. The van der Waals surface area contributed by atoms with Crippen LogP contribution in [0.15, 0.2) is 152 Å². The van der Waals surface area contributed by atoms with E-state index >= 15 is 0 Å². The van der Waals surface area contributed by atoms with E-state index in [1.165, 1.54) is 0 Å². The number of nitrogens with one attached hydrogen (secondary N) is 2. The fraction of sp³-hybridized carbons (Fsp3) is 0.0476. The van der Waals surface area contributed by atoms with Crippen LogP contribution in [0.2, 0.25) is 0 Å². The van der Waals surface area contributed by atoms with Gasteiger partial charge in [-0.2, -0.15) is 0 Å². The molecule has 2 aliphatic heterocycles. The van der Waals surface area contributed by atoms with Gasteiger partial charge in [0.1, 0.15) is 28.8 Å². The van der Waals surface area contributed by atoms with Gasteiger partial charge in [-0.15, -0.1) is 0 Å². The van der Waals surface area contributed by atoms with Crippen LogP contribution in [0.4, 0.5) is 5.69 Å². The van der Waals surface area contributed by atoms with Gasteiger partial charge in [0.15, 0.2) is 11.6 Å². The Bertz CT molecular complexity index is 2660.